The maximum absolute atomic E-state index is 4.65. The summed E-state index contributed by atoms with van der Waals surface area (Å²) in [5.74, 6) is 0. The Balaban J connectivity index is 1.72. The third kappa shape index (κ3) is 3.61. The van der Waals surface area contributed by atoms with Crippen LogP contribution in [0.5, 0.6) is 0 Å². The van der Waals surface area contributed by atoms with Crippen LogP contribution >= 0.6 is 0 Å². The summed E-state index contributed by atoms with van der Waals surface area (Å²) in [6.07, 6.45) is 1.90. The molecule has 138 valence electrons. The van der Waals surface area contributed by atoms with Crippen molar-refractivity contribution in [2.75, 3.05) is 0 Å². The lowest BCUT2D eigenvalue weighted by atomic mass is 9.77. The monoisotopic (exact) mass is 363 g/mol. The first-order valence-corrected chi connectivity index (χ1v) is 9.73. The van der Waals surface area contributed by atoms with E-state index in [1.165, 1.54) is 27.8 Å². The molecule has 0 fully saturated rings. The SMILES string of the molecule is Cc1ccc(-c2ccnc(-c3cccc(C(C)(C)c4ccccc4)c3)c2)cc1. The van der Waals surface area contributed by atoms with E-state index in [0.29, 0.717) is 0 Å². The van der Waals surface area contributed by atoms with Crippen LogP contribution in [0.3, 0.4) is 0 Å². The molecule has 0 unspecified atom stereocenters. The summed E-state index contributed by atoms with van der Waals surface area (Å²) < 4.78 is 0. The fraction of sp³-hybridized carbons (Fsp3) is 0.148. The molecule has 0 radical (unpaired) electrons. The van der Waals surface area contributed by atoms with Crippen LogP contribution in [0.1, 0.15) is 30.5 Å². The highest BCUT2D eigenvalue weighted by Gasteiger charge is 2.23. The van der Waals surface area contributed by atoms with Gasteiger partial charge in [-0.05, 0) is 47.4 Å². The van der Waals surface area contributed by atoms with Crippen molar-refractivity contribution in [2.45, 2.75) is 26.2 Å². The first kappa shape index (κ1) is 18.2. The van der Waals surface area contributed by atoms with Crippen LogP contribution in [-0.4, -0.2) is 4.98 Å². The molecular weight excluding hydrogens is 338 g/mol. The molecule has 0 N–H and O–H groups in total. The molecule has 0 bridgehead atoms. The van der Waals surface area contributed by atoms with Crippen LogP contribution in [0.4, 0.5) is 0 Å². The van der Waals surface area contributed by atoms with Gasteiger partial charge in [-0.3, -0.25) is 4.98 Å². The highest BCUT2D eigenvalue weighted by molar-refractivity contribution is 5.71. The average Bonchev–Trinajstić information content (AvgIpc) is 2.75. The maximum Gasteiger partial charge on any atom is 0.0708 e. The molecule has 0 amide bonds. The zero-order valence-electron chi connectivity index (χ0n) is 16.7. The van der Waals surface area contributed by atoms with Crippen LogP contribution < -0.4 is 0 Å². The molecule has 0 aliphatic rings. The van der Waals surface area contributed by atoms with Gasteiger partial charge in [0.15, 0.2) is 0 Å². The lowest BCUT2D eigenvalue weighted by Gasteiger charge is -2.26. The first-order valence-electron chi connectivity index (χ1n) is 9.73. The molecule has 1 heteroatoms. The smallest absolute Gasteiger partial charge is 0.0708 e. The van der Waals surface area contributed by atoms with Crippen LogP contribution in [0, 0.1) is 6.92 Å². The molecule has 4 rings (SSSR count). The minimum absolute atomic E-state index is 0.0637. The Kier molecular flexibility index (Phi) is 4.83. The predicted molar refractivity (Wildman–Crippen MR) is 118 cm³/mol. The summed E-state index contributed by atoms with van der Waals surface area (Å²) in [4.78, 5) is 4.65. The van der Waals surface area contributed by atoms with E-state index in [1.54, 1.807) is 0 Å². The van der Waals surface area contributed by atoms with Gasteiger partial charge in [0.1, 0.15) is 0 Å². The summed E-state index contributed by atoms with van der Waals surface area (Å²) in [5, 5.41) is 0. The number of hydrogen-bond donors (Lipinski definition) is 0. The zero-order valence-corrected chi connectivity index (χ0v) is 16.7. The summed E-state index contributed by atoms with van der Waals surface area (Å²) in [6, 6.07) is 32.3. The predicted octanol–water partition coefficient (Wildman–Crippen LogP) is 7.05. The van der Waals surface area contributed by atoms with Crippen molar-refractivity contribution in [1.29, 1.82) is 0 Å². The van der Waals surface area contributed by atoms with Gasteiger partial charge in [0.2, 0.25) is 0 Å². The van der Waals surface area contributed by atoms with Gasteiger partial charge in [-0.15, -0.1) is 0 Å². The first-order chi connectivity index (χ1) is 13.5. The second kappa shape index (κ2) is 7.44. The second-order valence-corrected chi connectivity index (χ2v) is 7.87. The van der Waals surface area contributed by atoms with Gasteiger partial charge >= 0.3 is 0 Å². The molecule has 0 spiro atoms. The van der Waals surface area contributed by atoms with E-state index in [0.717, 1.165) is 11.3 Å². The fourth-order valence-corrected chi connectivity index (χ4v) is 3.60. The molecular formula is C27H25N. The van der Waals surface area contributed by atoms with E-state index >= 15 is 0 Å². The third-order valence-corrected chi connectivity index (χ3v) is 5.52. The Morgan fingerprint density at radius 3 is 2.07 bits per heavy atom. The van der Waals surface area contributed by atoms with Crippen molar-refractivity contribution in [2.24, 2.45) is 0 Å². The molecule has 1 aromatic heterocycles. The molecule has 0 saturated carbocycles. The molecule has 28 heavy (non-hydrogen) atoms. The van der Waals surface area contributed by atoms with E-state index in [2.05, 4.69) is 117 Å². The number of benzene rings is 3. The number of aryl methyl sites for hydroxylation is 1. The number of hydrogen-bond acceptors (Lipinski definition) is 1. The molecule has 1 nitrogen and oxygen atoms in total. The second-order valence-electron chi connectivity index (χ2n) is 7.87. The van der Waals surface area contributed by atoms with E-state index < -0.39 is 0 Å². The number of pyridine rings is 1. The summed E-state index contributed by atoms with van der Waals surface area (Å²) in [6.45, 7) is 6.66. The van der Waals surface area contributed by atoms with Crippen molar-refractivity contribution < 1.29 is 0 Å². The van der Waals surface area contributed by atoms with Gasteiger partial charge < -0.3 is 0 Å². The molecule has 0 atom stereocenters. The quantitative estimate of drug-likeness (QED) is 0.378. The van der Waals surface area contributed by atoms with Gasteiger partial charge in [-0.25, -0.2) is 0 Å². The van der Waals surface area contributed by atoms with Gasteiger partial charge in [0.05, 0.1) is 5.69 Å². The minimum atomic E-state index is -0.0637. The molecule has 3 aromatic carbocycles. The normalized spacial score (nSPS) is 11.4. The van der Waals surface area contributed by atoms with Gasteiger partial charge in [-0.2, -0.15) is 0 Å². The third-order valence-electron chi connectivity index (χ3n) is 5.52. The zero-order chi connectivity index (χ0) is 19.6. The van der Waals surface area contributed by atoms with Gasteiger partial charge in [0.25, 0.3) is 0 Å². The van der Waals surface area contributed by atoms with Gasteiger partial charge in [0, 0.05) is 17.2 Å². The van der Waals surface area contributed by atoms with E-state index in [1.807, 2.05) is 6.20 Å². The lowest BCUT2D eigenvalue weighted by Crippen LogP contribution is -2.18. The van der Waals surface area contributed by atoms with Crippen LogP contribution in [0.2, 0.25) is 0 Å². The maximum atomic E-state index is 4.65. The Labute approximate surface area is 167 Å². The number of aromatic nitrogens is 1. The molecule has 1 heterocycles. The van der Waals surface area contributed by atoms with Crippen molar-refractivity contribution in [3.8, 4) is 22.4 Å². The topological polar surface area (TPSA) is 12.9 Å². The average molecular weight is 364 g/mol. The molecule has 4 aromatic rings. The van der Waals surface area contributed by atoms with Crippen LogP contribution in [-0.2, 0) is 5.41 Å². The molecule has 0 saturated heterocycles. The summed E-state index contributed by atoms with van der Waals surface area (Å²) in [7, 11) is 0. The van der Waals surface area contributed by atoms with Crippen molar-refractivity contribution >= 4 is 0 Å². The Morgan fingerprint density at radius 1 is 0.607 bits per heavy atom. The minimum Gasteiger partial charge on any atom is -0.256 e. The van der Waals surface area contributed by atoms with E-state index in [-0.39, 0.29) is 5.41 Å². The Hall–Kier alpha value is -3.19. The lowest BCUT2D eigenvalue weighted by molar-refractivity contribution is 0.641. The fourth-order valence-electron chi connectivity index (χ4n) is 3.60. The van der Waals surface area contributed by atoms with E-state index in [9.17, 15) is 0 Å². The van der Waals surface area contributed by atoms with E-state index in [4.69, 9.17) is 0 Å². The standard InChI is InChI=1S/C27H25N/c1-20-12-14-21(15-13-20)22-16-17-28-26(19-22)23-8-7-11-25(18-23)27(2,3)24-9-5-4-6-10-24/h4-19H,1-3H3. The Morgan fingerprint density at radius 2 is 1.32 bits per heavy atom. The van der Waals surface area contributed by atoms with Crippen molar-refractivity contribution in [3.63, 3.8) is 0 Å². The highest BCUT2D eigenvalue weighted by Crippen LogP contribution is 2.34. The Bertz CT molecular complexity index is 1080. The largest absolute Gasteiger partial charge is 0.256 e. The molecule has 0 aliphatic heterocycles. The van der Waals surface area contributed by atoms with Gasteiger partial charge in [-0.1, -0.05) is 92.2 Å². The van der Waals surface area contributed by atoms with Crippen LogP contribution in [0.15, 0.2) is 97.2 Å². The van der Waals surface area contributed by atoms with Crippen molar-refractivity contribution in [3.05, 3.63) is 114 Å². The van der Waals surface area contributed by atoms with Crippen LogP contribution in [0.25, 0.3) is 22.4 Å². The van der Waals surface area contributed by atoms with Crippen molar-refractivity contribution in [1.82, 2.24) is 4.98 Å². The molecule has 0 aliphatic carbocycles. The summed E-state index contributed by atoms with van der Waals surface area (Å²) in [5.41, 5.74) is 8.37. The number of rotatable bonds is 4. The summed E-state index contributed by atoms with van der Waals surface area (Å²) >= 11 is 0. The number of nitrogens with zero attached hydrogens (tertiary/aromatic N) is 1. The highest BCUT2D eigenvalue weighted by atomic mass is 14.7.